The summed E-state index contributed by atoms with van der Waals surface area (Å²) in [6.07, 6.45) is -0.241. The van der Waals surface area contributed by atoms with Gasteiger partial charge in [0.05, 0.1) is 20.6 Å². The van der Waals surface area contributed by atoms with Gasteiger partial charge in [0.15, 0.2) is 0 Å². The average molecular weight is 254 g/mol. The van der Waals surface area contributed by atoms with Gasteiger partial charge in [-0.1, -0.05) is 0 Å². The minimum Gasteiger partial charge on any atom is -0.508 e. The topological polar surface area (TPSA) is 93.1 Å². The van der Waals surface area contributed by atoms with E-state index in [2.05, 4.69) is 9.47 Å². The molecule has 1 rings (SSSR count). The zero-order chi connectivity index (χ0) is 13.9. The lowest BCUT2D eigenvalue weighted by Gasteiger charge is -2.13. The number of ether oxygens (including phenoxy) is 2. The first-order chi connectivity index (χ1) is 8.42. The van der Waals surface area contributed by atoms with E-state index in [1.165, 1.54) is 14.0 Å². The van der Waals surface area contributed by atoms with Gasteiger partial charge in [0, 0.05) is 6.07 Å². The molecule has 0 aliphatic carbocycles. The molecule has 6 nitrogen and oxygen atoms in total. The van der Waals surface area contributed by atoms with Crippen LogP contribution in [0.1, 0.15) is 21.5 Å². The zero-order valence-corrected chi connectivity index (χ0v) is 10.3. The van der Waals surface area contributed by atoms with Crippen LogP contribution in [0, 0.1) is 6.92 Å². The number of benzene rings is 1. The van der Waals surface area contributed by atoms with E-state index in [0.29, 0.717) is 5.56 Å². The second-order valence-electron chi connectivity index (χ2n) is 3.64. The summed E-state index contributed by atoms with van der Waals surface area (Å²) < 4.78 is 9.04. The maximum Gasteiger partial charge on any atom is 0.341 e. The van der Waals surface area contributed by atoms with Crippen molar-refractivity contribution in [3.8, 4) is 11.5 Å². The number of hydrogen-bond acceptors (Lipinski definition) is 6. The molecule has 0 radical (unpaired) electrons. The zero-order valence-electron chi connectivity index (χ0n) is 10.3. The lowest BCUT2D eigenvalue weighted by molar-refractivity contribution is -0.139. The van der Waals surface area contributed by atoms with Crippen molar-refractivity contribution in [1.82, 2.24) is 0 Å². The fraction of sp³-hybridized carbons (Fsp3) is 0.333. The summed E-state index contributed by atoms with van der Waals surface area (Å²) in [5, 5.41) is 19.3. The summed E-state index contributed by atoms with van der Waals surface area (Å²) in [6, 6.07) is 1.03. The van der Waals surface area contributed by atoms with Crippen LogP contribution in [0.25, 0.3) is 0 Å². The molecule has 0 aliphatic heterocycles. The number of methoxy groups -OCH3 is 2. The molecule has 18 heavy (non-hydrogen) atoms. The number of rotatable bonds is 3. The second-order valence-corrected chi connectivity index (χ2v) is 3.64. The quantitative estimate of drug-likeness (QED) is 0.779. The molecule has 1 aromatic carbocycles. The summed E-state index contributed by atoms with van der Waals surface area (Å²) >= 11 is 0. The molecule has 0 heterocycles. The lowest BCUT2D eigenvalue weighted by Crippen LogP contribution is -2.13. The Kier molecular flexibility index (Phi) is 4.14. The Morgan fingerprint density at radius 2 is 1.78 bits per heavy atom. The molecule has 0 bridgehead atoms. The van der Waals surface area contributed by atoms with Crippen LogP contribution in [0.3, 0.4) is 0 Å². The standard InChI is InChI=1S/C12H14O6/c1-6-7(4-10(15)17-2)11(12(16)18-3)9(14)5-8(6)13/h5,13-14H,4H2,1-3H3. The van der Waals surface area contributed by atoms with Crippen LogP contribution < -0.4 is 0 Å². The van der Waals surface area contributed by atoms with Crippen LogP contribution in [-0.4, -0.2) is 36.4 Å². The third kappa shape index (κ3) is 2.53. The van der Waals surface area contributed by atoms with E-state index in [1.54, 1.807) is 0 Å². The maximum absolute atomic E-state index is 11.6. The van der Waals surface area contributed by atoms with Crippen molar-refractivity contribution in [1.29, 1.82) is 0 Å². The second kappa shape index (κ2) is 5.39. The SMILES string of the molecule is COC(=O)Cc1c(C)c(O)cc(O)c1C(=O)OC. The molecule has 0 amide bonds. The Morgan fingerprint density at radius 3 is 2.28 bits per heavy atom. The maximum atomic E-state index is 11.6. The van der Waals surface area contributed by atoms with E-state index in [4.69, 9.17) is 0 Å². The minimum atomic E-state index is -0.783. The van der Waals surface area contributed by atoms with Crippen molar-refractivity contribution in [2.75, 3.05) is 14.2 Å². The van der Waals surface area contributed by atoms with Gasteiger partial charge >= 0.3 is 11.9 Å². The van der Waals surface area contributed by atoms with E-state index < -0.39 is 17.7 Å². The predicted octanol–water partition coefficient (Wildman–Crippen LogP) is 0.908. The van der Waals surface area contributed by atoms with Crippen LogP contribution in [0.2, 0.25) is 0 Å². The van der Waals surface area contributed by atoms with E-state index in [-0.39, 0.29) is 23.3 Å². The fourth-order valence-corrected chi connectivity index (χ4v) is 1.57. The number of phenols is 2. The van der Waals surface area contributed by atoms with Crippen LogP contribution in [0.5, 0.6) is 11.5 Å². The molecule has 0 aliphatic rings. The van der Waals surface area contributed by atoms with Crippen LogP contribution in [0.4, 0.5) is 0 Å². The molecule has 6 heteroatoms. The number of carbonyl (C=O) groups excluding carboxylic acids is 2. The summed E-state index contributed by atoms with van der Waals surface area (Å²) in [6.45, 7) is 1.53. The van der Waals surface area contributed by atoms with Gasteiger partial charge in [-0.15, -0.1) is 0 Å². The van der Waals surface area contributed by atoms with E-state index in [0.717, 1.165) is 13.2 Å². The molecule has 0 saturated carbocycles. The van der Waals surface area contributed by atoms with Crippen molar-refractivity contribution < 1.29 is 29.3 Å². The highest BCUT2D eigenvalue weighted by molar-refractivity contribution is 5.96. The number of phenolic OH excluding ortho intramolecular Hbond substituents is 2. The Balaban J connectivity index is 3.42. The van der Waals surface area contributed by atoms with Crippen molar-refractivity contribution >= 4 is 11.9 Å². The number of carbonyl (C=O) groups is 2. The minimum absolute atomic E-state index is 0.141. The van der Waals surface area contributed by atoms with E-state index in [1.807, 2.05) is 0 Å². The first-order valence-electron chi connectivity index (χ1n) is 5.11. The predicted molar refractivity (Wildman–Crippen MR) is 61.6 cm³/mol. The monoisotopic (exact) mass is 254 g/mol. The molecule has 0 fully saturated rings. The number of aromatic hydroxyl groups is 2. The first-order valence-corrected chi connectivity index (χ1v) is 5.11. The van der Waals surface area contributed by atoms with Gasteiger partial charge < -0.3 is 19.7 Å². The van der Waals surface area contributed by atoms with Gasteiger partial charge in [-0.2, -0.15) is 0 Å². The van der Waals surface area contributed by atoms with Crippen LogP contribution in [0.15, 0.2) is 6.07 Å². The Labute approximate surface area is 104 Å². The highest BCUT2D eigenvalue weighted by atomic mass is 16.5. The molecule has 0 spiro atoms. The molecule has 0 aromatic heterocycles. The summed E-state index contributed by atoms with van der Waals surface area (Å²) in [5.41, 5.74) is 0.364. The third-order valence-corrected chi connectivity index (χ3v) is 2.61. The van der Waals surface area contributed by atoms with Crippen LogP contribution in [-0.2, 0) is 20.7 Å². The molecular formula is C12H14O6. The molecule has 2 N–H and O–H groups in total. The van der Waals surface area contributed by atoms with Crippen molar-refractivity contribution in [3.05, 3.63) is 22.8 Å². The average Bonchev–Trinajstić information content (AvgIpc) is 2.34. The Bertz CT molecular complexity index is 492. The summed E-state index contributed by atoms with van der Waals surface area (Å²) in [7, 11) is 2.37. The summed E-state index contributed by atoms with van der Waals surface area (Å²) in [4.78, 5) is 22.9. The van der Waals surface area contributed by atoms with Gasteiger partial charge in [0.25, 0.3) is 0 Å². The van der Waals surface area contributed by atoms with E-state index >= 15 is 0 Å². The van der Waals surface area contributed by atoms with Crippen LogP contribution >= 0.6 is 0 Å². The molecular weight excluding hydrogens is 240 g/mol. The van der Waals surface area contributed by atoms with Gasteiger partial charge in [0.1, 0.15) is 17.1 Å². The number of esters is 2. The van der Waals surface area contributed by atoms with Crippen molar-refractivity contribution in [3.63, 3.8) is 0 Å². The highest BCUT2D eigenvalue weighted by Crippen LogP contribution is 2.32. The largest absolute Gasteiger partial charge is 0.508 e. The van der Waals surface area contributed by atoms with Crippen molar-refractivity contribution in [2.24, 2.45) is 0 Å². The lowest BCUT2D eigenvalue weighted by atomic mass is 9.97. The molecule has 1 aromatic rings. The van der Waals surface area contributed by atoms with Crippen molar-refractivity contribution in [2.45, 2.75) is 13.3 Å². The Morgan fingerprint density at radius 1 is 1.17 bits per heavy atom. The molecule has 0 saturated heterocycles. The normalized spacial score (nSPS) is 9.94. The van der Waals surface area contributed by atoms with Gasteiger partial charge in [-0.25, -0.2) is 4.79 Å². The molecule has 98 valence electrons. The van der Waals surface area contributed by atoms with Gasteiger partial charge in [0.2, 0.25) is 0 Å². The fourth-order valence-electron chi connectivity index (χ4n) is 1.57. The highest BCUT2D eigenvalue weighted by Gasteiger charge is 2.23. The summed E-state index contributed by atoms with van der Waals surface area (Å²) in [5.74, 6) is -2.02. The Hall–Kier alpha value is -2.24. The van der Waals surface area contributed by atoms with E-state index in [9.17, 15) is 19.8 Å². The third-order valence-electron chi connectivity index (χ3n) is 2.61. The molecule has 0 unspecified atom stereocenters. The smallest absolute Gasteiger partial charge is 0.341 e. The van der Waals surface area contributed by atoms with Gasteiger partial charge in [-0.3, -0.25) is 4.79 Å². The van der Waals surface area contributed by atoms with Gasteiger partial charge in [-0.05, 0) is 18.1 Å². The first kappa shape index (κ1) is 13.8. The molecule has 0 atom stereocenters. The number of hydrogen-bond donors (Lipinski definition) is 2.